The molecule has 6 heteroatoms. The first-order valence-electron chi connectivity index (χ1n) is 7.83. The summed E-state index contributed by atoms with van der Waals surface area (Å²) in [5, 5.41) is 0. The first-order valence-corrected chi connectivity index (χ1v) is 8.59. The van der Waals surface area contributed by atoms with Crippen molar-refractivity contribution in [2.24, 2.45) is 0 Å². The van der Waals surface area contributed by atoms with E-state index in [9.17, 15) is 4.79 Å². The van der Waals surface area contributed by atoms with Gasteiger partial charge in [-0.15, -0.1) is 23.2 Å². The molecule has 1 aromatic rings. The monoisotopic (exact) mass is 357 g/mol. The van der Waals surface area contributed by atoms with Crippen LogP contribution in [-0.4, -0.2) is 47.0 Å². The predicted octanol–water partition coefficient (Wildman–Crippen LogP) is 3.36. The molecule has 0 radical (unpaired) electrons. The van der Waals surface area contributed by atoms with Gasteiger partial charge in [0.05, 0.1) is 13.2 Å². The number of nitrogens with zero attached hydrogens (tertiary/aromatic N) is 1. The van der Waals surface area contributed by atoms with Crippen LogP contribution in [-0.2, 0) is 9.53 Å². The average molecular weight is 358 g/mol. The molecule has 0 aromatic heterocycles. The van der Waals surface area contributed by atoms with E-state index in [0.717, 1.165) is 12.0 Å². The number of alkyl halides is 2. The van der Waals surface area contributed by atoms with Crippen molar-refractivity contribution < 1.29 is 14.3 Å². The molecule has 4 nitrogen and oxygen atoms in total. The number of amides is 1. The predicted molar refractivity (Wildman–Crippen MR) is 90.3 cm³/mol. The Bertz CT molecular complexity index is 580. The van der Waals surface area contributed by atoms with Gasteiger partial charge in [0.25, 0.3) is 5.91 Å². The Kier molecular flexibility index (Phi) is 4.51. The Labute approximate surface area is 146 Å². The summed E-state index contributed by atoms with van der Waals surface area (Å²) in [6.45, 7) is 5.97. The molecular weight excluding hydrogens is 337 g/mol. The third kappa shape index (κ3) is 3.76. The topological polar surface area (TPSA) is 38.8 Å². The van der Waals surface area contributed by atoms with E-state index < -0.39 is 9.93 Å². The number of carbonyl (C=O) groups is 1. The third-order valence-electron chi connectivity index (χ3n) is 4.29. The highest BCUT2D eigenvalue weighted by Gasteiger charge is 2.52. The minimum Gasteiger partial charge on any atom is -0.478 e. The minimum absolute atomic E-state index is 0.0207. The second-order valence-electron chi connectivity index (χ2n) is 6.60. The second kappa shape index (κ2) is 6.15. The smallest absolute Gasteiger partial charge is 0.266 e. The highest BCUT2D eigenvalue weighted by Crippen LogP contribution is 2.59. The molecule has 1 aromatic carbocycles. The van der Waals surface area contributed by atoms with Gasteiger partial charge in [-0.05, 0) is 38.0 Å². The zero-order valence-corrected chi connectivity index (χ0v) is 14.9. The van der Waals surface area contributed by atoms with Gasteiger partial charge in [-0.3, -0.25) is 4.79 Å². The normalized spacial score (nSPS) is 23.5. The number of morpholine rings is 1. The van der Waals surface area contributed by atoms with Crippen molar-refractivity contribution in [3.63, 3.8) is 0 Å². The van der Waals surface area contributed by atoms with Gasteiger partial charge in [0.15, 0.2) is 5.60 Å². The summed E-state index contributed by atoms with van der Waals surface area (Å²) >= 11 is 12.2. The Morgan fingerprint density at radius 2 is 1.83 bits per heavy atom. The molecule has 0 spiro atoms. The van der Waals surface area contributed by atoms with E-state index >= 15 is 0 Å². The lowest BCUT2D eigenvalue weighted by molar-refractivity contribution is -0.149. The van der Waals surface area contributed by atoms with E-state index in [0.29, 0.717) is 32.1 Å². The van der Waals surface area contributed by atoms with Crippen LogP contribution in [0.4, 0.5) is 0 Å². The summed E-state index contributed by atoms with van der Waals surface area (Å²) in [5.41, 5.74) is 0.181. The number of hydrogen-bond donors (Lipinski definition) is 0. The molecule has 1 aliphatic carbocycles. The molecule has 0 bridgehead atoms. The lowest BCUT2D eigenvalue weighted by Crippen LogP contribution is -2.52. The van der Waals surface area contributed by atoms with Gasteiger partial charge < -0.3 is 14.4 Å². The molecule has 1 unspecified atom stereocenters. The second-order valence-corrected chi connectivity index (χ2v) is 8.15. The fraction of sp³-hybridized carbons (Fsp3) is 0.588. The van der Waals surface area contributed by atoms with Crippen molar-refractivity contribution in [2.45, 2.75) is 36.1 Å². The van der Waals surface area contributed by atoms with Crippen molar-refractivity contribution in [2.75, 3.05) is 26.3 Å². The number of benzene rings is 1. The van der Waals surface area contributed by atoms with Crippen molar-refractivity contribution >= 4 is 29.1 Å². The first kappa shape index (κ1) is 16.9. The molecule has 1 heterocycles. The molecule has 1 atom stereocenters. The standard InChI is InChI=1S/C17H21Cl2NO3/c1-16(2,15(21)20-7-9-22-10-8-20)23-13-5-3-12(4-6-13)14-11-17(14,18)19/h3-6,14H,7-11H2,1-2H3. The average Bonchev–Trinajstić information content (AvgIpc) is 3.16. The van der Waals surface area contributed by atoms with Gasteiger partial charge in [-0.2, -0.15) is 0 Å². The fourth-order valence-electron chi connectivity index (χ4n) is 2.83. The molecule has 23 heavy (non-hydrogen) atoms. The van der Waals surface area contributed by atoms with Crippen molar-refractivity contribution in [3.05, 3.63) is 29.8 Å². The van der Waals surface area contributed by atoms with E-state index in [1.54, 1.807) is 18.7 Å². The van der Waals surface area contributed by atoms with Crippen LogP contribution in [0.2, 0.25) is 0 Å². The van der Waals surface area contributed by atoms with Gasteiger partial charge in [-0.25, -0.2) is 0 Å². The van der Waals surface area contributed by atoms with Gasteiger partial charge >= 0.3 is 0 Å². The van der Waals surface area contributed by atoms with Gasteiger partial charge in [-0.1, -0.05) is 12.1 Å². The Balaban J connectivity index is 1.64. The number of ether oxygens (including phenoxy) is 2. The van der Waals surface area contributed by atoms with Crippen LogP contribution in [0.3, 0.4) is 0 Å². The third-order valence-corrected chi connectivity index (χ3v) is 5.13. The Morgan fingerprint density at radius 1 is 1.26 bits per heavy atom. The molecular formula is C17H21Cl2NO3. The molecule has 0 N–H and O–H groups in total. The van der Waals surface area contributed by atoms with Crippen LogP contribution in [0.5, 0.6) is 5.75 Å². The maximum absolute atomic E-state index is 12.6. The number of carbonyl (C=O) groups excluding carboxylic acids is 1. The van der Waals surface area contributed by atoms with Crippen LogP contribution in [0.15, 0.2) is 24.3 Å². The van der Waals surface area contributed by atoms with Crippen LogP contribution in [0.25, 0.3) is 0 Å². The molecule has 126 valence electrons. The quantitative estimate of drug-likeness (QED) is 0.775. The van der Waals surface area contributed by atoms with Gasteiger partial charge in [0, 0.05) is 19.0 Å². The fourth-order valence-corrected chi connectivity index (χ4v) is 3.39. The summed E-state index contributed by atoms with van der Waals surface area (Å²) in [6, 6.07) is 7.65. The maximum Gasteiger partial charge on any atom is 0.266 e. The first-order chi connectivity index (χ1) is 10.8. The largest absolute Gasteiger partial charge is 0.478 e. The van der Waals surface area contributed by atoms with Gasteiger partial charge in [0.1, 0.15) is 10.1 Å². The minimum atomic E-state index is -0.916. The molecule has 2 aliphatic rings. The molecule has 3 rings (SSSR count). The van der Waals surface area contributed by atoms with E-state index in [1.165, 1.54) is 0 Å². The molecule has 2 fully saturated rings. The van der Waals surface area contributed by atoms with Crippen LogP contribution < -0.4 is 4.74 Å². The highest BCUT2D eigenvalue weighted by atomic mass is 35.5. The zero-order chi connectivity index (χ0) is 16.7. The van der Waals surface area contributed by atoms with Crippen molar-refractivity contribution in [3.8, 4) is 5.75 Å². The molecule has 1 saturated heterocycles. The summed E-state index contributed by atoms with van der Waals surface area (Å²) in [6.07, 6.45) is 0.775. The number of hydrogen-bond acceptors (Lipinski definition) is 3. The number of rotatable bonds is 4. The van der Waals surface area contributed by atoms with Gasteiger partial charge in [0.2, 0.25) is 0 Å². The maximum atomic E-state index is 12.6. The summed E-state index contributed by atoms with van der Waals surface area (Å²) in [5.74, 6) is 0.825. The SMILES string of the molecule is CC(C)(Oc1ccc(C2CC2(Cl)Cl)cc1)C(=O)N1CCOCC1. The van der Waals surface area contributed by atoms with Crippen LogP contribution >= 0.6 is 23.2 Å². The summed E-state index contributed by atoms with van der Waals surface area (Å²) in [7, 11) is 0. The Morgan fingerprint density at radius 3 is 2.35 bits per heavy atom. The lowest BCUT2D eigenvalue weighted by Gasteiger charge is -2.34. The molecule has 1 amide bonds. The van der Waals surface area contributed by atoms with E-state index in [-0.39, 0.29) is 11.8 Å². The summed E-state index contributed by atoms with van der Waals surface area (Å²) < 4.78 is 10.6. The van der Waals surface area contributed by atoms with Crippen molar-refractivity contribution in [1.82, 2.24) is 4.90 Å². The van der Waals surface area contributed by atoms with Crippen LogP contribution in [0, 0.1) is 0 Å². The summed E-state index contributed by atoms with van der Waals surface area (Å²) in [4.78, 5) is 14.4. The number of halogens is 2. The highest BCUT2D eigenvalue weighted by molar-refractivity contribution is 6.51. The van der Waals surface area contributed by atoms with E-state index in [1.807, 2.05) is 24.3 Å². The van der Waals surface area contributed by atoms with Crippen molar-refractivity contribution in [1.29, 1.82) is 0 Å². The zero-order valence-electron chi connectivity index (χ0n) is 13.4. The van der Waals surface area contributed by atoms with E-state index in [4.69, 9.17) is 32.7 Å². The Hall–Kier alpha value is -0.970. The van der Waals surface area contributed by atoms with E-state index in [2.05, 4.69) is 0 Å². The molecule has 1 aliphatic heterocycles. The molecule has 1 saturated carbocycles. The lowest BCUT2D eigenvalue weighted by atomic mass is 10.1. The van der Waals surface area contributed by atoms with Crippen LogP contribution in [0.1, 0.15) is 31.7 Å².